The van der Waals surface area contributed by atoms with Gasteiger partial charge < -0.3 is 9.64 Å². The number of nitrogens with zero attached hydrogens (tertiary/aromatic N) is 2. The molecule has 0 spiro atoms. The van der Waals surface area contributed by atoms with Crippen LogP contribution in [0, 0.1) is 11.7 Å². The van der Waals surface area contributed by atoms with Crippen LogP contribution < -0.4 is 0 Å². The summed E-state index contributed by atoms with van der Waals surface area (Å²) in [5, 5.41) is 0. The number of ether oxygens (including phenoxy) is 1. The highest BCUT2D eigenvalue weighted by Crippen LogP contribution is 2.24. The molecular weight excluding hydrogens is 331 g/mol. The van der Waals surface area contributed by atoms with Gasteiger partial charge in [0, 0.05) is 31.1 Å². The van der Waals surface area contributed by atoms with E-state index in [0.29, 0.717) is 37.8 Å². The third-order valence-electron chi connectivity index (χ3n) is 5.30. The highest BCUT2D eigenvalue weighted by molar-refractivity contribution is 5.95. The number of likely N-dealkylation sites (N-methyl/N-ethyl adjacent to an activating group) is 1. The zero-order valence-electron chi connectivity index (χ0n) is 14.9. The highest BCUT2D eigenvalue weighted by Gasteiger charge is 2.33. The lowest BCUT2D eigenvalue weighted by molar-refractivity contribution is 0.0434. The van der Waals surface area contributed by atoms with Crippen molar-refractivity contribution in [3.05, 3.63) is 59.9 Å². The minimum atomic E-state index is -0.275. The molecule has 26 heavy (non-hydrogen) atoms. The van der Waals surface area contributed by atoms with Crippen molar-refractivity contribution in [3.8, 4) is 11.1 Å². The molecule has 0 aliphatic carbocycles. The van der Waals surface area contributed by atoms with Crippen LogP contribution in [0.1, 0.15) is 10.4 Å². The number of hydrogen-bond acceptors (Lipinski definition) is 3. The second kappa shape index (κ2) is 7.17. The van der Waals surface area contributed by atoms with Crippen molar-refractivity contribution in [3.63, 3.8) is 0 Å². The maximum absolute atomic E-state index is 13.5. The van der Waals surface area contributed by atoms with Crippen molar-refractivity contribution in [2.24, 2.45) is 5.92 Å². The largest absolute Gasteiger partial charge is 0.379 e. The van der Waals surface area contributed by atoms with E-state index in [0.717, 1.165) is 17.7 Å². The van der Waals surface area contributed by atoms with Crippen LogP contribution in [0.5, 0.6) is 0 Å². The fourth-order valence-electron chi connectivity index (χ4n) is 3.90. The maximum atomic E-state index is 13.5. The molecule has 2 aromatic carbocycles. The standard InChI is InChI=1S/C21H23FN2O2/c1-23-10-15-11-24(12-20(23)14-26-13-15)21(25)18-6-2-4-16(8-18)17-5-3-7-19(22)9-17/h2-9,15,20H,10-14H2,1H3/t15-,20+/m1/s1. The molecule has 0 unspecified atom stereocenters. The van der Waals surface area contributed by atoms with Gasteiger partial charge in [-0.05, 0) is 42.4 Å². The van der Waals surface area contributed by atoms with Crippen LogP contribution in [0.25, 0.3) is 11.1 Å². The van der Waals surface area contributed by atoms with Gasteiger partial charge >= 0.3 is 0 Å². The Bertz CT molecular complexity index is 810. The van der Waals surface area contributed by atoms with E-state index in [2.05, 4.69) is 11.9 Å². The first kappa shape index (κ1) is 17.2. The van der Waals surface area contributed by atoms with Gasteiger partial charge in [0.15, 0.2) is 0 Å². The first-order chi connectivity index (χ1) is 12.6. The molecule has 136 valence electrons. The summed E-state index contributed by atoms with van der Waals surface area (Å²) in [5.74, 6) is 0.0981. The van der Waals surface area contributed by atoms with Crippen LogP contribution in [0.3, 0.4) is 0 Å². The molecule has 0 radical (unpaired) electrons. The highest BCUT2D eigenvalue weighted by atomic mass is 19.1. The van der Waals surface area contributed by atoms with Gasteiger partial charge in [-0.1, -0.05) is 24.3 Å². The van der Waals surface area contributed by atoms with E-state index in [4.69, 9.17) is 4.74 Å². The lowest BCUT2D eigenvalue weighted by Crippen LogP contribution is -2.44. The summed E-state index contributed by atoms with van der Waals surface area (Å²) in [5.41, 5.74) is 2.28. The number of fused-ring (bicyclic) bond motifs is 3. The molecule has 2 aromatic rings. The lowest BCUT2D eigenvalue weighted by Gasteiger charge is -2.30. The summed E-state index contributed by atoms with van der Waals surface area (Å²) in [6.45, 7) is 3.71. The van der Waals surface area contributed by atoms with E-state index in [1.165, 1.54) is 12.1 Å². The van der Waals surface area contributed by atoms with Gasteiger partial charge in [0.2, 0.25) is 0 Å². The molecule has 4 rings (SSSR count). The van der Waals surface area contributed by atoms with Gasteiger partial charge in [-0.3, -0.25) is 9.69 Å². The molecule has 2 saturated heterocycles. The van der Waals surface area contributed by atoms with Crippen molar-refractivity contribution >= 4 is 5.91 Å². The van der Waals surface area contributed by atoms with Gasteiger partial charge in [0.05, 0.1) is 19.3 Å². The first-order valence-electron chi connectivity index (χ1n) is 9.03. The Kier molecular flexibility index (Phi) is 4.74. The fraction of sp³-hybridized carbons (Fsp3) is 0.381. The number of carbonyl (C=O) groups is 1. The number of benzene rings is 2. The van der Waals surface area contributed by atoms with Crippen LogP contribution in [0.15, 0.2) is 48.5 Å². The summed E-state index contributed by atoms with van der Waals surface area (Å²) in [7, 11) is 2.10. The van der Waals surface area contributed by atoms with Gasteiger partial charge in [0.1, 0.15) is 5.82 Å². The topological polar surface area (TPSA) is 32.8 Å². The first-order valence-corrected chi connectivity index (χ1v) is 9.03. The van der Waals surface area contributed by atoms with E-state index < -0.39 is 0 Å². The monoisotopic (exact) mass is 354 g/mol. The van der Waals surface area contributed by atoms with Gasteiger partial charge in [-0.2, -0.15) is 0 Å². The maximum Gasteiger partial charge on any atom is 0.253 e. The number of amides is 1. The SMILES string of the molecule is CN1C[C@H]2COC[C@@H]1CN(C(=O)c1cccc(-c3cccc(F)c3)c1)C2. The molecule has 2 fully saturated rings. The number of hydrogen-bond donors (Lipinski definition) is 0. The molecule has 2 aliphatic rings. The Hall–Kier alpha value is -2.24. The van der Waals surface area contributed by atoms with Crippen molar-refractivity contribution < 1.29 is 13.9 Å². The molecule has 2 atom stereocenters. The van der Waals surface area contributed by atoms with Crippen molar-refractivity contribution in [1.29, 1.82) is 0 Å². The Labute approximate surface area is 153 Å². The van der Waals surface area contributed by atoms with Crippen LogP contribution in [0.2, 0.25) is 0 Å². The summed E-state index contributed by atoms with van der Waals surface area (Å²) in [6, 6.07) is 14.2. The number of carbonyl (C=O) groups excluding carboxylic acids is 1. The second-order valence-electron chi connectivity index (χ2n) is 7.30. The molecule has 2 heterocycles. The third-order valence-corrected chi connectivity index (χ3v) is 5.30. The van der Waals surface area contributed by atoms with Crippen LogP contribution in [0.4, 0.5) is 4.39 Å². The minimum absolute atomic E-state index is 0.0375. The molecule has 2 bridgehead atoms. The average molecular weight is 354 g/mol. The van der Waals surface area contributed by atoms with E-state index in [1.54, 1.807) is 6.07 Å². The summed E-state index contributed by atoms with van der Waals surface area (Å²) >= 11 is 0. The normalized spacial score (nSPS) is 23.5. The molecule has 2 aliphatic heterocycles. The average Bonchev–Trinajstić information content (AvgIpc) is 2.90. The molecule has 0 aromatic heterocycles. The number of rotatable bonds is 2. The lowest BCUT2D eigenvalue weighted by atomic mass is 10.0. The van der Waals surface area contributed by atoms with Gasteiger partial charge in [-0.15, -0.1) is 0 Å². The predicted octanol–water partition coefficient (Wildman–Crippen LogP) is 2.90. The minimum Gasteiger partial charge on any atom is -0.379 e. The van der Waals surface area contributed by atoms with E-state index in [9.17, 15) is 9.18 Å². The quantitative estimate of drug-likeness (QED) is 0.831. The molecule has 1 amide bonds. The zero-order chi connectivity index (χ0) is 18.1. The van der Waals surface area contributed by atoms with Crippen molar-refractivity contribution in [1.82, 2.24) is 9.80 Å². The van der Waals surface area contributed by atoms with Crippen molar-refractivity contribution in [2.75, 3.05) is 39.9 Å². The van der Waals surface area contributed by atoms with Crippen molar-refractivity contribution in [2.45, 2.75) is 6.04 Å². The van der Waals surface area contributed by atoms with Crippen LogP contribution in [-0.2, 0) is 4.74 Å². The zero-order valence-corrected chi connectivity index (χ0v) is 14.9. The van der Waals surface area contributed by atoms with Crippen LogP contribution >= 0.6 is 0 Å². The smallest absolute Gasteiger partial charge is 0.253 e. The molecule has 5 heteroatoms. The second-order valence-corrected chi connectivity index (χ2v) is 7.30. The molecule has 0 saturated carbocycles. The third kappa shape index (κ3) is 3.50. The summed E-state index contributed by atoms with van der Waals surface area (Å²) in [4.78, 5) is 17.4. The van der Waals surface area contributed by atoms with Gasteiger partial charge in [-0.25, -0.2) is 4.39 Å². The van der Waals surface area contributed by atoms with E-state index in [1.807, 2.05) is 35.2 Å². The van der Waals surface area contributed by atoms with Gasteiger partial charge in [0.25, 0.3) is 5.91 Å². The van der Waals surface area contributed by atoms with Crippen LogP contribution in [-0.4, -0.2) is 61.6 Å². The summed E-state index contributed by atoms with van der Waals surface area (Å²) in [6.07, 6.45) is 0. The number of halogens is 1. The summed E-state index contributed by atoms with van der Waals surface area (Å²) < 4.78 is 19.3. The van der Waals surface area contributed by atoms with E-state index in [-0.39, 0.29) is 17.8 Å². The Morgan fingerprint density at radius 1 is 1.04 bits per heavy atom. The molecule has 4 nitrogen and oxygen atoms in total. The predicted molar refractivity (Wildman–Crippen MR) is 98.5 cm³/mol. The van der Waals surface area contributed by atoms with E-state index >= 15 is 0 Å². The Balaban J connectivity index is 1.59. The Morgan fingerprint density at radius 2 is 1.81 bits per heavy atom. The fourth-order valence-corrected chi connectivity index (χ4v) is 3.90. The molecular formula is C21H23FN2O2. The Morgan fingerprint density at radius 3 is 2.62 bits per heavy atom. The molecule has 0 N–H and O–H groups in total.